The summed E-state index contributed by atoms with van der Waals surface area (Å²) in [4.78, 5) is 15.9. The number of rotatable bonds is 2. The number of carbonyl (C=O) groups is 1. The molecule has 0 unspecified atom stereocenters. The van der Waals surface area contributed by atoms with E-state index in [-0.39, 0.29) is 5.70 Å². The van der Waals surface area contributed by atoms with E-state index in [1.54, 1.807) is 18.2 Å². The van der Waals surface area contributed by atoms with Crippen molar-refractivity contribution < 1.29 is 13.9 Å². The van der Waals surface area contributed by atoms with Gasteiger partial charge < -0.3 is 9.15 Å². The predicted octanol–water partition coefficient (Wildman–Crippen LogP) is 2.93. The molecule has 0 saturated carbocycles. The second-order valence-corrected chi connectivity index (χ2v) is 4.22. The van der Waals surface area contributed by atoms with Crippen LogP contribution in [0.3, 0.4) is 0 Å². The summed E-state index contributed by atoms with van der Waals surface area (Å²) in [6, 6.07) is 11.1. The lowest BCUT2D eigenvalue weighted by molar-refractivity contribution is -0.129. The van der Waals surface area contributed by atoms with Gasteiger partial charge >= 0.3 is 5.97 Å². The Morgan fingerprint density at radius 1 is 1.21 bits per heavy atom. The Kier molecular flexibility index (Phi) is 2.76. The minimum Gasteiger partial charge on any atom is -0.465 e. The Hall–Kier alpha value is -2.62. The lowest BCUT2D eigenvalue weighted by atomic mass is 10.1. The fraction of sp³-hybridized carbons (Fsp3) is 0.0667. The van der Waals surface area contributed by atoms with Crippen molar-refractivity contribution in [2.24, 2.45) is 4.99 Å². The third-order valence-corrected chi connectivity index (χ3v) is 2.71. The van der Waals surface area contributed by atoms with E-state index in [1.807, 2.05) is 31.2 Å². The smallest absolute Gasteiger partial charge is 0.363 e. The summed E-state index contributed by atoms with van der Waals surface area (Å²) in [5, 5.41) is 0. The number of hydrogen-bond acceptors (Lipinski definition) is 4. The molecule has 3 rings (SSSR count). The molecule has 19 heavy (non-hydrogen) atoms. The Morgan fingerprint density at radius 2 is 2.11 bits per heavy atom. The van der Waals surface area contributed by atoms with Crippen molar-refractivity contribution in [3.63, 3.8) is 0 Å². The van der Waals surface area contributed by atoms with Crippen LogP contribution in [0.15, 0.2) is 57.8 Å². The van der Waals surface area contributed by atoms with Crippen LogP contribution >= 0.6 is 0 Å². The van der Waals surface area contributed by atoms with Gasteiger partial charge in [-0.3, -0.25) is 0 Å². The molecule has 1 aliphatic rings. The molecule has 0 amide bonds. The number of benzene rings is 1. The maximum absolute atomic E-state index is 11.7. The number of esters is 1. The Labute approximate surface area is 110 Å². The van der Waals surface area contributed by atoms with E-state index >= 15 is 0 Å². The average Bonchev–Trinajstić information content (AvgIpc) is 3.01. The molecule has 2 heterocycles. The fourth-order valence-electron chi connectivity index (χ4n) is 1.82. The molecule has 2 aromatic rings. The van der Waals surface area contributed by atoms with Gasteiger partial charge in [-0.2, -0.15) is 0 Å². The molecule has 1 aliphatic heterocycles. The molecule has 1 aromatic heterocycles. The number of cyclic esters (lactones) is 1. The van der Waals surface area contributed by atoms with Gasteiger partial charge in [-0.15, -0.1) is 0 Å². The Morgan fingerprint density at radius 3 is 2.84 bits per heavy atom. The minimum atomic E-state index is -0.465. The highest BCUT2D eigenvalue weighted by Crippen LogP contribution is 2.19. The molecule has 4 heteroatoms. The van der Waals surface area contributed by atoms with E-state index in [1.165, 1.54) is 6.26 Å². The van der Waals surface area contributed by atoms with E-state index in [0.717, 1.165) is 11.1 Å². The number of aliphatic imine (C=N–C) groups is 1. The average molecular weight is 253 g/mol. The van der Waals surface area contributed by atoms with Crippen LogP contribution in [0.25, 0.3) is 6.08 Å². The summed E-state index contributed by atoms with van der Waals surface area (Å²) in [6.45, 7) is 1.97. The second kappa shape index (κ2) is 4.57. The molecular weight excluding hydrogens is 242 g/mol. The molecule has 1 aromatic carbocycles. The highest BCUT2D eigenvalue weighted by atomic mass is 16.6. The first-order valence-electron chi connectivity index (χ1n) is 5.85. The van der Waals surface area contributed by atoms with Gasteiger partial charge in [0.05, 0.1) is 6.26 Å². The minimum absolute atomic E-state index is 0.242. The topological polar surface area (TPSA) is 51.8 Å². The third kappa shape index (κ3) is 2.33. The normalized spacial score (nSPS) is 16.6. The lowest BCUT2D eigenvalue weighted by Gasteiger charge is -1.99. The van der Waals surface area contributed by atoms with E-state index in [0.29, 0.717) is 11.7 Å². The first-order valence-corrected chi connectivity index (χ1v) is 5.85. The fourth-order valence-corrected chi connectivity index (χ4v) is 1.82. The summed E-state index contributed by atoms with van der Waals surface area (Å²) in [5.41, 5.74) is 2.11. The van der Waals surface area contributed by atoms with E-state index in [4.69, 9.17) is 9.15 Å². The molecule has 0 radical (unpaired) electrons. The molecular formula is C15H11NO3. The van der Waals surface area contributed by atoms with Gasteiger partial charge in [0.25, 0.3) is 0 Å². The van der Waals surface area contributed by atoms with Crippen molar-refractivity contribution in [3.05, 3.63) is 65.2 Å². The third-order valence-electron chi connectivity index (χ3n) is 2.71. The van der Waals surface area contributed by atoms with Crippen LogP contribution in [0.2, 0.25) is 0 Å². The molecule has 0 aliphatic carbocycles. The predicted molar refractivity (Wildman–Crippen MR) is 70.5 cm³/mol. The van der Waals surface area contributed by atoms with Crippen molar-refractivity contribution in [2.45, 2.75) is 6.92 Å². The molecule has 0 N–H and O–H groups in total. The number of nitrogens with zero attached hydrogens (tertiary/aromatic N) is 1. The van der Waals surface area contributed by atoms with Gasteiger partial charge in [-0.1, -0.05) is 17.7 Å². The zero-order valence-corrected chi connectivity index (χ0v) is 10.3. The van der Waals surface area contributed by atoms with Gasteiger partial charge in [-0.25, -0.2) is 9.79 Å². The lowest BCUT2D eigenvalue weighted by Crippen LogP contribution is -2.05. The quantitative estimate of drug-likeness (QED) is 0.610. The number of ether oxygens (including phenoxy) is 1. The van der Waals surface area contributed by atoms with Crippen LogP contribution < -0.4 is 0 Å². The molecule has 4 nitrogen and oxygen atoms in total. The first kappa shape index (κ1) is 11.5. The van der Waals surface area contributed by atoms with Crippen molar-refractivity contribution in [3.8, 4) is 0 Å². The monoisotopic (exact) mass is 253 g/mol. The molecule has 0 atom stereocenters. The molecule has 0 bridgehead atoms. The van der Waals surface area contributed by atoms with E-state index in [2.05, 4.69) is 4.99 Å². The Bertz CT molecular complexity index is 681. The number of carbonyl (C=O) groups excluding carboxylic acids is 1. The van der Waals surface area contributed by atoms with Gasteiger partial charge in [-0.05, 0) is 31.2 Å². The van der Waals surface area contributed by atoms with Crippen LogP contribution in [0, 0.1) is 6.92 Å². The van der Waals surface area contributed by atoms with Crippen molar-refractivity contribution >= 4 is 17.9 Å². The van der Waals surface area contributed by atoms with Crippen molar-refractivity contribution in [1.29, 1.82) is 0 Å². The highest BCUT2D eigenvalue weighted by Gasteiger charge is 2.24. The second-order valence-electron chi connectivity index (χ2n) is 4.22. The van der Waals surface area contributed by atoms with Crippen LogP contribution in [-0.4, -0.2) is 11.9 Å². The largest absolute Gasteiger partial charge is 0.465 e. The van der Waals surface area contributed by atoms with Gasteiger partial charge in [0.2, 0.25) is 5.90 Å². The zero-order chi connectivity index (χ0) is 13.2. The van der Waals surface area contributed by atoms with Crippen molar-refractivity contribution in [2.75, 3.05) is 0 Å². The molecule has 0 spiro atoms. The highest BCUT2D eigenvalue weighted by molar-refractivity contribution is 6.12. The molecule has 0 saturated heterocycles. The number of furan rings is 1. The molecule has 0 fully saturated rings. The summed E-state index contributed by atoms with van der Waals surface area (Å²) in [6.07, 6.45) is 3.10. The summed E-state index contributed by atoms with van der Waals surface area (Å²) in [7, 11) is 0. The zero-order valence-electron chi connectivity index (χ0n) is 10.3. The van der Waals surface area contributed by atoms with Gasteiger partial charge in [0.1, 0.15) is 5.76 Å². The summed E-state index contributed by atoms with van der Waals surface area (Å²) in [5.74, 6) is 0.431. The van der Waals surface area contributed by atoms with Gasteiger partial charge in [0, 0.05) is 11.6 Å². The van der Waals surface area contributed by atoms with Gasteiger partial charge in [0.15, 0.2) is 5.70 Å². The van der Waals surface area contributed by atoms with Crippen LogP contribution in [-0.2, 0) is 9.53 Å². The molecule has 94 valence electrons. The summed E-state index contributed by atoms with van der Waals surface area (Å²) >= 11 is 0. The number of hydrogen-bond donors (Lipinski definition) is 0. The standard InChI is InChI=1S/C15H11NO3/c1-10-4-2-5-11(8-10)14-16-13(15(17)19-14)9-12-6-3-7-18-12/h2-9H,1H3. The number of aryl methyl sites for hydroxylation is 1. The first-order chi connectivity index (χ1) is 9.22. The Balaban J connectivity index is 1.95. The van der Waals surface area contributed by atoms with E-state index in [9.17, 15) is 4.79 Å². The van der Waals surface area contributed by atoms with Crippen molar-refractivity contribution in [1.82, 2.24) is 0 Å². The SMILES string of the molecule is Cc1cccc(C2=NC(=Cc3ccco3)C(=O)O2)c1. The van der Waals surface area contributed by atoms with E-state index < -0.39 is 5.97 Å². The van der Waals surface area contributed by atoms with Crippen LogP contribution in [0.1, 0.15) is 16.9 Å². The van der Waals surface area contributed by atoms with Crippen LogP contribution in [0.4, 0.5) is 0 Å². The maximum Gasteiger partial charge on any atom is 0.363 e. The van der Waals surface area contributed by atoms with Crippen LogP contribution in [0.5, 0.6) is 0 Å². The summed E-state index contributed by atoms with van der Waals surface area (Å²) < 4.78 is 10.3. The maximum atomic E-state index is 11.7.